The van der Waals surface area contributed by atoms with Crippen LogP contribution in [0.1, 0.15) is 59.1 Å². The number of aryl methyl sites for hydroxylation is 2. The lowest BCUT2D eigenvalue weighted by atomic mass is 9.93. The van der Waals surface area contributed by atoms with Crippen LogP contribution in [0.5, 0.6) is 5.75 Å². The fraction of sp³-hybridized carbons (Fsp3) is 0.455. The van der Waals surface area contributed by atoms with Crippen molar-refractivity contribution in [3.8, 4) is 5.75 Å². The lowest BCUT2D eigenvalue weighted by Crippen LogP contribution is -2.34. The van der Waals surface area contributed by atoms with E-state index in [0.717, 1.165) is 70.6 Å². The van der Waals surface area contributed by atoms with E-state index in [4.69, 9.17) is 4.74 Å². The molecule has 6 heteroatoms. The second-order valence-electron chi connectivity index (χ2n) is 11.2. The highest BCUT2D eigenvalue weighted by Crippen LogP contribution is 2.33. The van der Waals surface area contributed by atoms with E-state index in [1.54, 1.807) is 12.1 Å². The first-order valence-electron chi connectivity index (χ1n) is 14.2. The van der Waals surface area contributed by atoms with E-state index < -0.39 is 11.7 Å². The Labute approximate surface area is 230 Å². The third-order valence-electron chi connectivity index (χ3n) is 8.37. The van der Waals surface area contributed by atoms with Gasteiger partial charge in [-0.25, -0.2) is 0 Å². The summed E-state index contributed by atoms with van der Waals surface area (Å²) in [4.78, 5) is 4.69. The normalized spacial score (nSPS) is 17.5. The van der Waals surface area contributed by atoms with Gasteiger partial charge in [-0.05, 0) is 111 Å². The molecule has 0 radical (unpaired) electrons. The van der Waals surface area contributed by atoms with E-state index in [0.29, 0.717) is 24.6 Å². The van der Waals surface area contributed by atoms with Crippen LogP contribution >= 0.6 is 0 Å². The second-order valence-corrected chi connectivity index (χ2v) is 11.2. The number of nitrogens with zero attached hydrogens (tertiary/aromatic N) is 2. The van der Waals surface area contributed by atoms with Crippen LogP contribution in [0.3, 0.4) is 0 Å². The van der Waals surface area contributed by atoms with E-state index in [-0.39, 0.29) is 0 Å². The molecule has 2 aliphatic heterocycles. The minimum atomic E-state index is -4.30. The third-order valence-corrected chi connectivity index (χ3v) is 8.37. The highest BCUT2D eigenvalue weighted by atomic mass is 19.4. The largest absolute Gasteiger partial charge is 0.494 e. The minimum absolute atomic E-state index is 0.358. The van der Waals surface area contributed by atoms with Gasteiger partial charge in [-0.15, -0.1) is 0 Å². The molecule has 1 fully saturated rings. The number of alkyl halides is 3. The van der Waals surface area contributed by atoms with Crippen LogP contribution in [0.25, 0.3) is 0 Å². The van der Waals surface area contributed by atoms with Gasteiger partial charge in [0.05, 0.1) is 12.2 Å². The summed E-state index contributed by atoms with van der Waals surface area (Å²) < 4.78 is 46.2. The Morgan fingerprint density at radius 2 is 1.54 bits per heavy atom. The quantitative estimate of drug-likeness (QED) is 0.294. The Balaban J connectivity index is 1.07. The first-order valence-corrected chi connectivity index (χ1v) is 14.2. The molecule has 2 heterocycles. The fourth-order valence-corrected chi connectivity index (χ4v) is 6.01. The number of ether oxygens (including phenoxy) is 1. The molecule has 0 aromatic heterocycles. The van der Waals surface area contributed by atoms with Crippen LogP contribution < -0.4 is 4.74 Å². The van der Waals surface area contributed by atoms with Crippen LogP contribution in [0.15, 0.2) is 66.7 Å². The standard InChI is InChI=1S/C33H39F3N2O/c1-25-7-2-3-8-28(25)22-38-17-6-10-27-21-31(13-12-29(27)23-38)39-20-16-26-14-18-37(19-15-26)24-30-9-4-5-11-32(30)33(34,35)36/h2-5,7-9,11-13,21,26H,6,10,14-20,22-24H2,1H3. The molecular weight excluding hydrogens is 497 g/mol. The Morgan fingerprint density at radius 3 is 2.31 bits per heavy atom. The van der Waals surface area contributed by atoms with Crippen LogP contribution in [0.2, 0.25) is 0 Å². The first kappa shape index (κ1) is 27.7. The monoisotopic (exact) mass is 536 g/mol. The van der Waals surface area contributed by atoms with E-state index >= 15 is 0 Å². The highest BCUT2D eigenvalue weighted by molar-refractivity contribution is 5.37. The van der Waals surface area contributed by atoms with Gasteiger partial charge in [0.25, 0.3) is 0 Å². The van der Waals surface area contributed by atoms with Gasteiger partial charge in [-0.1, -0.05) is 48.5 Å². The molecule has 0 bridgehead atoms. The number of rotatable bonds is 8. The molecule has 0 spiro atoms. The molecule has 5 rings (SSSR count). The smallest absolute Gasteiger partial charge is 0.416 e. The molecule has 0 N–H and O–H groups in total. The zero-order chi connectivity index (χ0) is 27.2. The summed E-state index contributed by atoms with van der Waals surface area (Å²) in [5, 5.41) is 0. The van der Waals surface area contributed by atoms with E-state index in [9.17, 15) is 13.2 Å². The second kappa shape index (κ2) is 12.6. The molecule has 3 aromatic rings. The van der Waals surface area contributed by atoms with Gasteiger partial charge in [-0.2, -0.15) is 13.2 Å². The van der Waals surface area contributed by atoms with Gasteiger partial charge in [-0.3, -0.25) is 9.80 Å². The summed E-state index contributed by atoms with van der Waals surface area (Å²) in [6.07, 6.45) is 0.898. The number of fused-ring (bicyclic) bond motifs is 1. The molecule has 2 aliphatic rings. The number of hydrogen-bond acceptors (Lipinski definition) is 3. The zero-order valence-corrected chi connectivity index (χ0v) is 22.9. The lowest BCUT2D eigenvalue weighted by Gasteiger charge is -2.32. The maximum absolute atomic E-state index is 13.3. The summed E-state index contributed by atoms with van der Waals surface area (Å²) in [7, 11) is 0. The average molecular weight is 537 g/mol. The molecule has 0 amide bonds. The number of piperidine rings is 1. The summed E-state index contributed by atoms with van der Waals surface area (Å²) in [6, 6.07) is 21.2. The van der Waals surface area contributed by atoms with Crippen molar-refractivity contribution in [3.05, 3.63) is 100 Å². The van der Waals surface area contributed by atoms with Crippen molar-refractivity contribution in [1.82, 2.24) is 9.80 Å². The molecule has 39 heavy (non-hydrogen) atoms. The molecule has 0 saturated carbocycles. The van der Waals surface area contributed by atoms with Gasteiger partial charge in [0.2, 0.25) is 0 Å². The van der Waals surface area contributed by atoms with Crippen molar-refractivity contribution < 1.29 is 17.9 Å². The predicted molar refractivity (Wildman–Crippen MR) is 150 cm³/mol. The maximum Gasteiger partial charge on any atom is 0.416 e. The Kier molecular flexibility index (Phi) is 8.93. The molecule has 0 atom stereocenters. The van der Waals surface area contributed by atoms with E-state index in [2.05, 4.69) is 59.2 Å². The van der Waals surface area contributed by atoms with Crippen molar-refractivity contribution in [2.75, 3.05) is 26.2 Å². The minimum Gasteiger partial charge on any atom is -0.494 e. The Hall–Kier alpha value is -2.83. The predicted octanol–water partition coefficient (Wildman–Crippen LogP) is 7.64. The number of hydrogen-bond donors (Lipinski definition) is 0. The summed E-state index contributed by atoms with van der Waals surface area (Å²) in [5.74, 6) is 1.50. The topological polar surface area (TPSA) is 15.7 Å². The van der Waals surface area contributed by atoms with Crippen molar-refractivity contribution in [2.24, 2.45) is 5.92 Å². The molecular formula is C33H39F3N2O. The highest BCUT2D eigenvalue weighted by Gasteiger charge is 2.33. The molecule has 0 aliphatic carbocycles. The maximum atomic E-state index is 13.3. The SMILES string of the molecule is Cc1ccccc1CN1CCCc2cc(OCCC3CCN(Cc4ccccc4C(F)(F)F)CC3)ccc2C1. The van der Waals surface area contributed by atoms with Crippen LogP contribution in [0.4, 0.5) is 13.2 Å². The van der Waals surface area contributed by atoms with Gasteiger partial charge in [0.15, 0.2) is 0 Å². The first-order chi connectivity index (χ1) is 18.8. The Morgan fingerprint density at radius 1 is 0.821 bits per heavy atom. The van der Waals surface area contributed by atoms with Gasteiger partial charge in [0, 0.05) is 19.6 Å². The summed E-state index contributed by atoms with van der Waals surface area (Å²) in [6.45, 7) is 7.93. The number of likely N-dealkylation sites (tertiary alicyclic amines) is 1. The van der Waals surface area contributed by atoms with Crippen molar-refractivity contribution in [2.45, 2.75) is 64.8 Å². The molecule has 3 nitrogen and oxygen atoms in total. The lowest BCUT2D eigenvalue weighted by molar-refractivity contribution is -0.138. The number of halogens is 3. The Bertz CT molecular complexity index is 1230. The van der Waals surface area contributed by atoms with Crippen molar-refractivity contribution in [3.63, 3.8) is 0 Å². The van der Waals surface area contributed by atoms with Gasteiger partial charge >= 0.3 is 6.18 Å². The van der Waals surface area contributed by atoms with Crippen LogP contribution in [0, 0.1) is 12.8 Å². The van der Waals surface area contributed by atoms with Crippen molar-refractivity contribution >= 4 is 0 Å². The third kappa shape index (κ3) is 7.43. The molecule has 1 saturated heterocycles. The van der Waals surface area contributed by atoms with Crippen molar-refractivity contribution in [1.29, 1.82) is 0 Å². The summed E-state index contributed by atoms with van der Waals surface area (Å²) >= 11 is 0. The van der Waals surface area contributed by atoms with Gasteiger partial charge < -0.3 is 4.74 Å². The van der Waals surface area contributed by atoms with E-state index in [1.165, 1.54) is 34.4 Å². The van der Waals surface area contributed by atoms with Crippen LogP contribution in [-0.4, -0.2) is 36.0 Å². The molecule has 0 unspecified atom stereocenters. The molecule has 3 aromatic carbocycles. The summed E-state index contributed by atoms with van der Waals surface area (Å²) in [5.41, 5.74) is 5.40. The van der Waals surface area contributed by atoms with Crippen LogP contribution in [-0.2, 0) is 32.2 Å². The van der Waals surface area contributed by atoms with E-state index in [1.807, 2.05) is 0 Å². The fourth-order valence-electron chi connectivity index (χ4n) is 6.01. The number of benzene rings is 3. The van der Waals surface area contributed by atoms with Gasteiger partial charge in [0.1, 0.15) is 5.75 Å². The molecule has 208 valence electrons. The average Bonchev–Trinajstić information content (AvgIpc) is 3.12. The zero-order valence-electron chi connectivity index (χ0n) is 22.9.